The Labute approximate surface area is 123 Å². The summed E-state index contributed by atoms with van der Waals surface area (Å²) in [4.78, 5) is 10.2. The summed E-state index contributed by atoms with van der Waals surface area (Å²) in [5.74, 6) is 0. The summed E-state index contributed by atoms with van der Waals surface area (Å²) >= 11 is 5.16. The number of nitrogens with two attached hydrogens (primary N) is 1. The summed E-state index contributed by atoms with van der Waals surface area (Å²) in [6.07, 6.45) is 2.55. The molecule has 96 valence electrons. The van der Waals surface area contributed by atoms with E-state index in [1.165, 1.54) is 4.88 Å². The van der Waals surface area contributed by atoms with Crippen molar-refractivity contribution in [1.29, 1.82) is 0 Å². The van der Waals surface area contributed by atoms with Gasteiger partial charge < -0.3 is 5.73 Å². The van der Waals surface area contributed by atoms with Crippen molar-refractivity contribution in [3.63, 3.8) is 0 Å². The van der Waals surface area contributed by atoms with Crippen molar-refractivity contribution in [1.82, 2.24) is 9.97 Å². The van der Waals surface area contributed by atoms with Crippen LogP contribution < -0.4 is 5.73 Å². The molecule has 0 aliphatic rings. The maximum absolute atomic E-state index is 6.22. The zero-order valence-corrected chi connectivity index (χ0v) is 12.5. The van der Waals surface area contributed by atoms with Crippen molar-refractivity contribution >= 4 is 38.3 Å². The van der Waals surface area contributed by atoms with E-state index in [-0.39, 0.29) is 6.04 Å². The molecule has 0 radical (unpaired) electrons. The summed E-state index contributed by atoms with van der Waals surface area (Å²) in [6, 6.07) is 11.8. The second kappa shape index (κ2) is 5.36. The normalized spacial score (nSPS) is 12.7. The fourth-order valence-electron chi connectivity index (χ4n) is 1.93. The minimum atomic E-state index is -0.123. The topological polar surface area (TPSA) is 51.8 Å². The van der Waals surface area contributed by atoms with Gasteiger partial charge in [-0.15, -0.1) is 11.3 Å². The lowest BCUT2D eigenvalue weighted by Crippen LogP contribution is -2.14. The molecular weight excluding hydrogens is 322 g/mol. The van der Waals surface area contributed by atoms with Gasteiger partial charge in [-0.1, -0.05) is 12.1 Å². The van der Waals surface area contributed by atoms with Crippen LogP contribution in [-0.4, -0.2) is 9.97 Å². The molecule has 5 heteroatoms. The Hall–Kier alpha value is -1.30. The number of para-hydroxylation sites is 2. The minimum Gasteiger partial charge on any atom is -0.322 e. The molecule has 1 aromatic carbocycles. The molecule has 19 heavy (non-hydrogen) atoms. The molecule has 1 unspecified atom stereocenters. The SMILES string of the molecule is NC(Cc1ccc(Br)s1)c1cnc2ccccc2n1. The maximum Gasteiger partial charge on any atom is 0.0890 e. The first-order chi connectivity index (χ1) is 9.22. The first-order valence-electron chi connectivity index (χ1n) is 5.94. The number of halogens is 1. The van der Waals surface area contributed by atoms with Crippen molar-refractivity contribution < 1.29 is 0 Å². The average Bonchev–Trinajstić information content (AvgIpc) is 2.83. The van der Waals surface area contributed by atoms with Crippen LogP contribution >= 0.6 is 27.3 Å². The third-order valence-electron chi connectivity index (χ3n) is 2.90. The Morgan fingerprint density at radius 2 is 1.95 bits per heavy atom. The van der Waals surface area contributed by atoms with E-state index in [0.29, 0.717) is 0 Å². The Kier molecular flexibility index (Phi) is 3.59. The van der Waals surface area contributed by atoms with Gasteiger partial charge in [-0.25, -0.2) is 4.98 Å². The highest BCUT2D eigenvalue weighted by molar-refractivity contribution is 9.11. The van der Waals surface area contributed by atoms with Crippen molar-refractivity contribution in [2.45, 2.75) is 12.5 Å². The Bertz CT molecular complexity index is 710. The van der Waals surface area contributed by atoms with Gasteiger partial charge in [0.1, 0.15) is 0 Å². The average molecular weight is 334 g/mol. The van der Waals surface area contributed by atoms with Crippen molar-refractivity contribution in [3.8, 4) is 0 Å². The van der Waals surface area contributed by atoms with E-state index in [9.17, 15) is 0 Å². The standard InChI is InChI=1S/C14H12BrN3S/c15-14-6-5-9(19-14)7-10(16)13-8-17-11-3-1-2-4-12(11)18-13/h1-6,8,10H,7,16H2. The van der Waals surface area contributed by atoms with Crippen molar-refractivity contribution in [3.05, 3.63) is 57.0 Å². The predicted molar refractivity (Wildman–Crippen MR) is 82.2 cm³/mol. The van der Waals surface area contributed by atoms with E-state index >= 15 is 0 Å². The molecule has 3 nitrogen and oxygen atoms in total. The van der Waals surface area contributed by atoms with Gasteiger partial charge >= 0.3 is 0 Å². The molecule has 0 saturated carbocycles. The van der Waals surface area contributed by atoms with Crippen LogP contribution in [0.15, 0.2) is 46.4 Å². The Morgan fingerprint density at radius 1 is 1.16 bits per heavy atom. The largest absolute Gasteiger partial charge is 0.322 e. The number of benzene rings is 1. The second-order valence-electron chi connectivity index (χ2n) is 4.30. The molecule has 3 aromatic rings. The van der Waals surface area contributed by atoms with Crippen molar-refractivity contribution in [2.75, 3.05) is 0 Å². The molecule has 2 heterocycles. The highest BCUT2D eigenvalue weighted by atomic mass is 79.9. The molecule has 0 fully saturated rings. The summed E-state index contributed by atoms with van der Waals surface area (Å²) in [5.41, 5.74) is 8.84. The molecule has 0 aliphatic heterocycles. The lowest BCUT2D eigenvalue weighted by molar-refractivity contribution is 0.703. The fourth-order valence-corrected chi connectivity index (χ4v) is 3.47. The summed E-state index contributed by atoms with van der Waals surface area (Å²) in [5, 5.41) is 0. The van der Waals surface area contributed by atoms with Gasteiger partial charge in [0.25, 0.3) is 0 Å². The van der Waals surface area contributed by atoms with Crippen LogP contribution in [-0.2, 0) is 6.42 Å². The van der Waals surface area contributed by atoms with Crippen molar-refractivity contribution in [2.24, 2.45) is 5.73 Å². The molecule has 0 aliphatic carbocycles. The number of hydrogen-bond acceptors (Lipinski definition) is 4. The van der Waals surface area contributed by atoms with Gasteiger partial charge in [0, 0.05) is 11.3 Å². The molecule has 0 amide bonds. The number of fused-ring (bicyclic) bond motifs is 1. The number of hydrogen-bond donors (Lipinski definition) is 1. The molecule has 0 saturated heterocycles. The van der Waals surface area contributed by atoms with Crippen LogP contribution in [0.3, 0.4) is 0 Å². The minimum absolute atomic E-state index is 0.123. The van der Waals surface area contributed by atoms with Crippen LogP contribution in [0.1, 0.15) is 16.6 Å². The van der Waals surface area contributed by atoms with Gasteiger partial charge in [-0.3, -0.25) is 4.98 Å². The Balaban J connectivity index is 1.86. The van der Waals surface area contributed by atoms with E-state index in [1.807, 2.05) is 30.3 Å². The Morgan fingerprint density at radius 3 is 2.68 bits per heavy atom. The predicted octanol–water partition coefficient (Wildman–Crippen LogP) is 3.70. The zero-order chi connectivity index (χ0) is 13.2. The first-order valence-corrected chi connectivity index (χ1v) is 7.55. The van der Waals surface area contributed by atoms with E-state index in [2.05, 4.69) is 32.0 Å². The number of aromatic nitrogens is 2. The number of rotatable bonds is 3. The van der Waals surface area contributed by atoms with Gasteiger partial charge in [0.2, 0.25) is 0 Å². The lowest BCUT2D eigenvalue weighted by Gasteiger charge is -2.10. The van der Waals surface area contributed by atoms with Crippen LogP contribution in [0.25, 0.3) is 11.0 Å². The molecule has 3 rings (SSSR count). The van der Waals surface area contributed by atoms with E-state index in [1.54, 1.807) is 17.5 Å². The van der Waals surface area contributed by atoms with E-state index in [4.69, 9.17) is 5.73 Å². The van der Waals surface area contributed by atoms with Gasteiger partial charge in [-0.2, -0.15) is 0 Å². The number of nitrogens with zero attached hydrogens (tertiary/aromatic N) is 2. The first kappa shape index (κ1) is 12.7. The van der Waals surface area contributed by atoms with Crippen LogP contribution in [0.2, 0.25) is 0 Å². The van der Waals surface area contributed by atoms with Crippen LogP contribution in [0.4, 0.5) is 0 Å². The quantitative estimate of drug-likeness (QED) is 0.795. The molecule has 0 spiro atoms. The van der Waals surface area contributed by atoms with Crippen LogP contribution in [0.5, 0.6) is 0 Å². The summed E-state index contributed by atoms with van der Waals surface area (Å²) in [6.45, 7) is 0. The smallest absolute Gasteiger partial charge is 0.0890 e. The van der Waals surface area contributed by atoms with Gasteiger partial charge in [0.05, 0.1) is 32.8 Å². The number of thiophene rings is 1. The summed E-state index contributed by atoms with van der Waals surface area (Å²) in [7, 11) is 0. The fraction of sp³-hybridized carbons (Fsp3) is 0.143. The van der Waals surface area contributed by atoms with E-state index < -0.39 is 0 Å². The third-order valence-corrected chi connectivity index (χ3v) is 4.54. The molecule has 0 bridgehead atoms. The highest BCUT2D eigenvalue weighted by Gasteiger charge is 2.11. The van der Waals surface area contributed by atoms with E-state index in [0.717, 1.165) is 26.9 Å². The van der Waals surface area contributed by atoms with Gasteiger partial charge in [0.15, 0.2) is 0 Å². The molecule has 2 aromatic heterocycles. The maximum atomic E-state index is 6.22. The molecule has 1 atom stereocenters. The molecule has 2 N–H and O–H groups in total. The van der Waals surface area contributed by atoms with Gasteiger partial charge in [-0.05, 0) is 40.2 Å². The second-order valence-corrected chi connectivity index (χ2v) is 6.85. The molecular formula is C14H12BrN3S. The van der Waals surface area contributed by atoms with Crippen LogP contribution in [0, 0.1) is 0 Å². The highest BCUT2D eigenvalue weighted by Crippen LogP contribution is 2.25. The summed E-state index contributed by atoms with van der Waals surface area (Å²) < 4.78 is 1.12. The monoisotopic (exact) mass is 333 g/mol. The zero-order valence-electron chi connectivity index (χ0n) is 10.1. The lowest BCUT2D eigenvalue weighted by atomic mass is 10.1. The third kappa shape index (κ3) is 2.83.